The molecule has 3 rings (SSSR count). The summed E-state index contributed by atoms with van der Waals surface area (Å²) in [5.41, 5.74) is 0.800. The summed E-state index contributed by atoms with van der Waals surface area (Å²) in [7, 11) is 2.51. The predicted octanol–water partition coefficient (Wildman–Crippen LogP) is 2.27. The second kappa shape index (κ2) is 6.99. The van der Waals surface area contributed by atoms with Crippen LogP contribution in [0.5, 0.6) is 0 Å². The van der Waals surface area contributed by atoms with E-state index in [9.17, 15) is 19.7 Å². The van der Waals surface area contributed by atoms with Gasteiger partial charge in [0.2, 0.25) is 0 Å². The molecule has 1 aromatic carbocycles. The van der Waals surface area contributed by atoms with Gasteiger partial charge in [0.25, 0.3) is 5.69 Å². The lowest BCUT2D eigenvalue weighted by molar-refractivity contribution is -0.384. The van der Waals surface area contributed by atoms with E-state index in [0.29, 0.717) is 5.56 Å². The molecule has 2 aliphatic rings. The van der Waals surface area contributed by atoms with E-state index in [2.05, 4.69) is 0 Å². The Morgan fingerprint density at radius 2 is 1.69 bits per heavy atom. The summed E-state index contributed by atoms with van der Waals surface area (Å²) in [4.78, 5) is 37.2. The number of benzene rings is 1. The molecule has 1 heterocycles. The molecule has 1 aliphatic heterocycles. The highest BCUT2D eigenvalue weighted by atomic mass is 16.6. The first kappa shape index (κ1) is 17.7. The van der Waals surface area contributed by atoms with Crippen LogP contribution in [0.1, 0.15) is 24.3 Å². The molecule has 0 spiro atoms. The molecule has 0 bridgehead atoms. The van der Waals surface area contributed by atoms with Crippen molar-refractivity contribution in [2.45, 2.75) is 24.8 Å². The standard InChI is InChI=1S/C18H18N2O6/c1-25-17(21)14-9-19(12-6-7-12)10-15(18(22)26-2)16(14)11-4-3-5-13(8-11)20(23)24/h3-5,8-10,12,16H,6-7H2,1-2H3. The molecule has 0 radical (unpaired) electrons. The summed E-state index contributed by atoms with van der Waals surface area (Å²) in [6, 6.07) is 6.08. The Morgan fingerprint density at radius 1 is 1.12 bits per heavy atom. The van der Waals surface area contributed by atoms with Crippen LogP contribution in [0.15, 0.2) is 47.8 Å². The topological polar surface area (TPSA) is 99.0 Å². The smallest absolute Gasteiger partial charge is 0.336 e. The molecule has 0 atom stereocenters. The minimum atomic E-state index is -0.801. The molecule has 1 aliphatic carbocycles. The van der Waals surface area contributed by atoms with Crippen molar-refractivity contribution >= 4 is 17.6 Å². The van der Waals surface area contributed by atoms with E-state index in [0.717, 1.165) is 12.8 Å². The number of nitrogens with zero attached hydrogens (tertiary/aromatic N) is 2. The summed E-state index contributed by atoms with van der Waals surface area (Å²) in [6.45, 7) is 0. The molecular weight excluding hydrogens is 340 g/mol. The fourth-order valence-electron chi connectivity index (χ4n) is 3.01. The number of ether oxygens (including phenoxy) is 2. The lowest BCUT2D eigenvalue weighted by Gasteiger charge is -2.30. The number of nitro benzene ring substituents is 1. The van der Waals surface area contributed by atoms with E-state index >= 15 is 0 Å². The molecule has 1 fully saturated rings. The van der Waals surface area contributed by atoms with E-state index in [-0.39, 0.29) is 22.9 Å². The third kappa shape index (κ3) is 3.30. The Morgan fingerprint density at radius 3 is 2.15 bits per heavy atom. The fraction of sp³-hybridized carbons (Fsp3) is 0.333. The Bertz CT molecular complexity index is 791. The lowest BCUT2D eigenvalue weighted by Crippen LogP contribution is -2.29. The van der Waals surface area contributed by atoms with Crippen molar-refractivity contribution in [1.82, 2.24) is 4.90 Å². The van der Waals surface area contributed by atoms with Gasteiger partial charge in [0, 0.05) is 30.6 Å². The highest BCUT2D eigenvalue weighted by Gasteiger charge is 2.38. The molecular formula is C18H18N2O6. The van der Waals surface area contributed by atoms with Gasteiger partial charge in [-0.05, 0) is 18.4 Å². The fourth-order valence-corrected chi connectivity index (χ4v) is 3.01. The van der Waals surface area contributed by atoms with Crippen molar-refractivity contribution in [3.8, 4) is 0 Å². The number of carbonyl (C=O) groups excluding carboxylic acids is 2. The maximum Gasteiger partial charge on any atom is 0.336 e. The highest BCUT2D eigenvalue weighted by Crippen LogP contribution is 2.41. The van der Waals surface area contributed by atoms with Gasteiger partial charge in [0.15, 0.2) is 0 Å². The molecule has 0 saturated heterocycles. The predicted molar refractivity (Wildman–Crippen MR) is 90.9 cm³/mol. The van der Waals surface area contributed by atoms with Gasteiger partial charge in [-0.25, -0.2) is 9.59 Å². The van der Waals surface area contributed by atoms with Gasteiger partial charge >= 0.3 is 11.9 Å². The minimum absolute atomic E-state index is 0.124. The first-order valence-electron chi connectivity index (χ1n) is 8.08. The monoisotopic (exact) mass is 358 g/mol. The van der Waals surface area contributed by atoms with E-state index in [1.807, 2.05) is 4.90 Å². The van der Waals surface area contributed by atoms with Gasteiger partial charge in [-0.15, -0.1) is 0 Å². The number of esters is 2. The molecule has 26 heavy (non-hydrogen) atoms. The van der Waals surface area contributed by atoms with Crippen LogP contribution in [0, 0.1) is 10.1 Å². The van der Waals surface area contributed by atoms with Crippen LogP contribution in [0.3, 0.4) is 0 Å². The van der Waals surface area contributed by atoms with Gasteiger partial charge < -0.3 is 14.4 Å². The normalized spacial score (nSPS) is 17.2. The highest BCUT2D eigenvalue weighted by molar-refractivity contribution is 5.98. The molecule has 0 N–H and O–H groups in total. The maximum atomic E-state index is 12.4. The SMILES string of the molecule is COC(=O)C1=CN(C2CC2)C=C(C(=O)OC)C1c1cccc([N+](=O)[O-])c1. The number of non-ortho nitro benzene ring substituents is 1. The second-order valence-corrected chi connectivity index (χ2v) is 6.12. The second-order valence-electron chi connectivity index (χ2n) is 6.12. The lowest BCUT2D eigenvalue weighted by atomic mass is 9.83. The Hall–Kier alpha value is -3.16. The van der Waals surface area contributed by atoms with E-state index in [4.69, 9.17) is 9.47 Å². The average Bonchev–Trinajstić information content (AvgIpc) is 3.51. The van der Waals surface area contributed by atoms with Crippen molar-refractivity contribution in [2.75, 3.05) is 14.2 Å². The van der Waals surface area contributed by atoms with Crippen LogP contribution < -0.4 is 0 Å². The van der Waals surface area contributed by atoms with Gasteiger partial charge in [0.1, 0.15) is 0 Å². The number of rotatable bonds is 5. The summed E-state index contributed by atoms with van der Waals surface area (Å²) < 4.78 is 9.76. The van der Waals surface area contributed by atoms with Crippen molar-refractivity contribution < 1.29 is 24.0 Å². The summed E-state index contributed by atoms with van der Waals surface area (Å²) in [6.07, 6.45) is 5.22. The van der Waals surface area contributed by atoms with Crippen LogP contribution in [0.25, 0.3) is 0 Å². The van der Waals surface area contributed by atoms with Crippen LogP contribution in [-0.4, -0.2) is 42.0 Å². The number of carbonyl (C=O) groups is 2. The first-order chi connectivity index (χ1) is 12.5. The third-order valence-electron chi connectivity index (χ3n) is 4.42. The number of methoxy groups -OCH3 is 2. The zero-order chi connectivity index (χ0) is 18.8. The molecule has 136 valence electrons. The zero-order valence-corrected chi connectivity index (χ0v) is 14.4. The van der Waals surface area contributed by atoms with Crippen LogP contribution in [0.2, 0.25) is 0 Å². The molecule has 0 amide bonds. The van der Waals surface area contributed by atoms with Gasteiger partial charge in [0.05, 0.1) is 36.2 Å². The maximum absolute atomic E-state index is 12.4. The Kier molecular flexibility index (Phi) is 4.75. The van der Waals surface area contributed by atoms with Crippen molar-refractivity contribution in [2.24, 2.45) is 0 Å². The molecule has 1 saturated carbocycles. The van der Waals surface area contributed by atoms with Gasteiger partial charge in [-0.1, -0.05) is 12.1 Å². The van der Waals surface area contributed by atoms with Crippen LogP contribution >= 0.6 is 0 Å². The Labute approximate surface area is 149 Å². The van der Waals surface area contributed by atoms with E-state index in [1.165, 1.54) is 32.4 Å². The third-order valence-corrected chi connectivity index (χ3v) is 4.42. The van der Waals surface area contributed by atoms with Crippen molar-refractivity contribution in [3.05, 3.63) is 63.5 Å². The van der Waals surface area contributed by atoms with Gasteiger partial charge in [-0.3, -0.25) is 10.1 Å². The molecule has 0 unspecified atom stereocenters. The molecule has 8 heteroatoms. The Balaban J connectivity index is 2.13. The number of nitro groups is 1. The number of hydrogen-bond donors (Lipinski definition) is 0. The summed E-state index contributed by atoms with van der Waals surface area (Å²) >= 11 is 0. The van der Waals surface area contributed by atoms with E-state index in [1.54, 1.807) is 18.5 Å². The molecule has 8 nitrogen and oxygen atoms in total. The van der Waals surface area contributed by atoms with E-state index < -0.39 is 22.8 Å². The van der Waals surface area contributed by atoms with Crippen LogP contribution in [-0.2, 0) is 19.1 Å². The average molecular weight is 358 g/mol. The molecule has 1 aromatic rings. The largest absolute Gasteiger partial charge is 0.466 e. The minimum Gasteiger partial charge on any atom is -0.466 e. The van der Waals surface area contributed by atoms with Crippen LogP contribution in [0.4, 0.5) is 5.69 Å². The molecule has 0 aromatic heterocycles. The first-order valence-corrected chi connectivity index (χ1v) is 8.08. The summed E-state index contributed by atoms with van der Waals surface area (Å²) in [5, 5.41) is 11.1. The van der Waals surface area contributed by atoms with Gasteiger partial charge in [-0.2, -0.15) is 0 Å². The van der Waals surface area contributed by atoms with Crippen molar-refractivity contribution in [3.63, 3.8) is 0 Å². The quantitative estimate of drug-likeness (QED) is 0.452. The zero-order valence-electron chi connectivity index (χ0n) is 14.4. The van der Waals surface area contributed by atoms with Crippen molar-refractivity contribution in [1.29, 1.82) is 0 Å². The summed E-state index contributed by atoms with van der Waals surface area (Å²) in [5.74, 6) is -1.99. The number of hydrogen-bond acceptors (Lipinski definition) is 7.